The van der Waals surface area contributed by atoms with Crippen LogP contribution in [-0.2, 0) is 17.8 Å². The molecular weight excluding hydrogens is 468 g/mol. The quantitative estimate of drug-likeness (QED) is 0.140. The predicted molar refractivity (Wildman–Crippen MR) is 145 cm³/mol. The van der Waals surface area contributed by atoms with E-state index in [-0.39, 0.29) is 12.5 Å². The number of rotatable bonds is 13. The SMILES string of the molecule is NC(=O)c1ccc2c(c1)nc(NCCCNC(=O)CCNCc1cccc(CCO)c1)c1ccncc12. The summed E-state index contributed by atoms with van der Waals surface area (Å²) in [5, 5.41) is 21.4. The van der Waals surface area contributed by atoms with Gasteiger partial charge in [0.25, 0.3) is 0 Å². The molecule has 37 heavy (non-hydrogen) atoms. The number of nitrogens with zero attached hydrogens (tertiary/aromatic N) is 2. The predicted octanol–water partition coefficient (Wildman–Crippen LogP) is 2.51. The molecule has 0 unspecified atom stereocenters. The van der Waals surface area contributed by atoms with Crippen molar-refractivity contribution >= 4 is 39.3 Å². The van der Waals surface area contributed by atoms with Crippen molar-refractivity contribution in [2.45, 2.75) is 25.8 Å². The van der Waals surface area contributed by atoms with Crippen LogP contribution in [0.4, 0.5) is 5.82 Å². The van der Waals surface area contributed by atoms with Crippen LogP contribution in [0.3, 0.4) is 0 Å². The first-order chi connectivity index (χ1) is 18.0. The second-order valence-electron chi connectivity index (χ2n) is 8.83. The van der Waals surface area contributed by atoms with Gasteiger partial charge in [0.2, 0.25) is 11.8 Å². The van der Waals surface area contributed by atoms with Crippen molar-refractivity contribution in [2.75, 3.05) is 31.6 Å². The number of hydrogen-bond acceptors (Lipinski definition) is 7. The van der Waals surface area contributed by atoms with Crippen LogP contribution in [0, 0.1) is 0 Å². The van der Waals surface area contributed by atoms with E-state index in [0.717, 1.165) is 33.7 Å². The molecular formula is C28H32N6O3. The van der Waals surface area contributed by atoms with Crippen molar-refractivity contribution in [2.24, 2.45) is 5.73 Å². The summed E-state index contributed by atoms with van der Waals surface area (Å²) in [4.78, 5) is 32.7. The van der Waals surface area contributed by atoms with E-state index in [0.29, 0.717) is 55.9 Å². The number of benzene rings is 2. The number of amides is 2. The van der Waals surface area contributed by atoms with Crippen molar-refractivity contribution in [1.29, 1.82) is 0 Å². The highest BCUT2D eigenvalue weighted by Gasteiger charge is 2.10. The molecule has 2 heterocycles. The Bertz CT molecular complexity index is 1390. The lowest BCUT2D eigenvalue weighted by Gasteiger charge is -2.12. The molecule has 0 spiro atoms. The summed E-state index contributed by atoms with van der Waals surface area (Å²) >= 11 is 0. The molecule has 9 heteroatoms. The molecule has 0 saturated heterocycles. The van der Waals surface area contributed by atoms with Gasteiger partial charge < -0.3 is 26.8 Å². The van der Waals surface area contributed by atoms with Gasteiger partial charge in [-0.25, -0.2) is 4.98 Å². The van der Waals surface area contributed by atoms with Gasteiger partial charge in [0, 0.05) is 73.3 Å². The number of primary amides is 1. The van der Waals surface area contributed by atoms with E-state index in [9.17, 15) is 9.59 Å². The Kier molecular flexibility index (Phi) is 8.96. The number of pyridine rings is 2. The first-order valence-corrected chi connectivity index (χ1v) is 12.4. The zero-order chi connectivity index (χ0) is 26.0. The van der Waals surface area contributed by atoms with Crippen LogP contribution in [0.25, 0.3) is 21.7 Å². The van der Waals surface area contributed by atoms with Crippen molar-refractivity contribution in [3.05, 3.63) is 77.6 Å². The van der Waals surface area contributed by atoms with Gasteiger partial charge in [0.05, 0.1) is 5.52 Å². The van der Waals surface area contributed by atoms with Crippen molar-refractivity contribution in [1.82, 2.24) is 20.6 Å². The van der Waals surface area contributed by atoms with Gasteiger partial charge in [0.15, 0.2) is 0 Å². The van der Waals surface area contributed by atoms with E-state index in [1.165, 1.54) is 0 Å². The molecule has 0 radical (unpaired) electrons. The normalized spacial score (nSPS) is 11.1. The van der Waals surface area contributed by atoms with E-state index in [2.05, 4.69) is 27.0 Å². The van der Waals surface area contributed by atoms with Crippen LogP contribution in [0.5, 0.6) is 0 Å². The molecule has 9 nitrogen and oxygen atoms in total. The summed E-state index contributed by atoms with van der Waals surface area (Å²) < 4.78 is 0. The number of fused-ring (bicyclic) bond motifs is 3. The molecule has 0 aliphatic rings. The fraction of sp³-hybridized carbons (Fsp3) is 0.286. The van der Waals surface area contributed by atoms with Gasteiger partial charge >= 0.3 is 0 Å². The first kappa shape index (κ1) is 26.0. The van der Waals surface area contributed by atoms with E-state index >= 15 is 0 Å². The Morgan fingerprint density at radius 3 is 2.65 bits per heavy atom. The maximum Gasteiger partial charge on any atom is 0.248 e. The second-order valence-corrected chi connectivity index (χ2v) is 8.83. The minimum atomic E-state index is -0.498. The molecule has 0 atom stereocenters. The Hall–Kier alpha value is -4.08. The van der Waals surface area contributed by atoms with Crippen LogP contribution >= 0.6 is 0 Å². The summed E-state index contributed by atoms with van der Waals surface area (Å²) in [5.74, 6) is 0.202. The summed E-state index contributed by atoms with van der Waals surface area (Å²) in [7, 11) is 0. The minimum Gasteiger partial charge on any atom is -0.396 e. The van der Waals surface area contributed by atoms with Gasteiger partial charge in [-0.15, -0.1) is 0 Å². The number of carbonyl (C=O) groups is 2. The fourth-order valence-corrected chi connectivity index (χ4v) is 4.21. The molecule has 192 valence electrons. The highest BCUT2D eigenvalue weighted by atomic mass is 16.3. The van der Waals surface area contributed by atoms with Gasteiger partial charge in [-0.3, -0.25) is 14.6 Å². The van der Waals surface area contributed by atoms with Crippen LogP contribution < -0.4 is 21.7 Å². The van der Waals surface area contributed by atoms with E-state index in [1.54, 1.807) is 24.5 Å². The molecule has 6 N–H and O–H groups in total. The fourth-order valence-electron chi connectivity index (χ4n) is 4.21. The van der Waals surface area contributed by atoms with E-state index < -0.39 is 5.91 Å². The molecule has 4 aromatic rings. The van der Waals surface area contributed by atoms with E-state index in [1.807, 2.05) is 30.3 Å². The Labute approximate surface area is 215 Å². The number of nitrogens with one attached hydrogen (secondary N) is 3. The van der Waals surface area contributed by atoms with Gasteiger partial charge in [0.1, 0.15) is 5.82 Å². The van der Waals surface area contributed by atoms with Crippen LogP contribution in [0.2, 0.25) is 0 Å². The standard InChI is InChI=1S/C28H32N6O3/c29-27(37)21-5-6-22-24-18-31-12-7-23(24)28(34-25(22)16-21)33-11-2-10-32-26(36)8-13-30-17-20-4-1-3-19(15-20)9-14-35/h1,3-7,12,15-16,18,30,35H,2,8-11,13-14,17H2,(H2,29,37)(H,32,36)(H,33,34). The second kappa shape index (κ2) is 12.8. The Morgan fingerprint density at radius 2 is 1.81 bits per heavy atom. The molecule has 0 bridgehead atoms. The Morgan fingerprint density at radius 1 is 0.946 bits per heavy atom. The third-order valence-electron chi connectivity index (χ3n) is 6.10. The topological polar surface area (TPSA) is 142 Å². The van der Waals surface area contributed by atoms with Gasteiger partial charge in [-0.05, 0) is 42.2 Å². The zero-order valence-corrected chi connectivity index (χ0v) is 20.7. The average molecular weight is 501 g/mol. The van der Waals surface area contributed by atoms with Crippen LogP contribution in [0.15, 0.2) is 60.9 Å². The number of nitrogens with two attached hydrogens (primary N) is 1. The maximum atomic E-state index is 12.2. The van der Waals surface area contributed by atoms with Crippen molar-refractivity contribution in [3.63, 3.8) is 0 Å². The van der Waals surface area contributed by atoms with Crippen LogP contribution in [-0.4, -0.2) is 53.1 Å². The van der Waals surface area contributed by atoms with Crippen molar-refractivity contribution < 1.29 is 14.7 Å². The maximum absolute atomic E-state index is 12.2. The smallest absolute Gasteiger partial charge is 0.248 e. The lowest BCUT2D eigenvalue weighted by Crippen LogP contribution is -2.29. The summed E-state index contributed by atoms with van der Waals surface area (Å²) in [6.45, 7) is 2.57. The molecule has 0 fully saturated rings. The number of aliphatic hydroxyl groups excluding tert-OH is 1. The van der Waals surface area contributed by atoms with Gasteiger partial charge in [-0.1, -0.05) is 30.3 Å². The molecule has 0 aliphatic carbocycles. The number of anilines is 1. The summed E-state index contributed by atoms with van der Waals surface area (Å²) in [6, 6.07) is 15.2. The van der Waals surface area contributed by atoms with Crippen LogP contribution in [0.1, 0.15) is 34.3 Å². The Balaban J connectivity index is 1.22. The third kappa shape index (κ3) is 6.99. The number of aromatic nitrogens is 2. The van der Waals surface area contributed by atoms with E-state index in [4.69, 9.17) is 15.8 Å². The largest absolute Gasteiger partial charge is 0.396 e. The highest BCUT2D eigenvalue weighted by Crippen LogP contribution is 2.29. The minimum absolute atomic E-state index is 0.000802. The monoisotopic (exact) mass is 500 g/mol. The lowest BCUT2D eigenvalue weighted by molar-refractivity contribution is -0.121. The third-order valence-corrected chi connectivity index (χ3v) is 6.10. The molecule has 0 saturated carbocycles. The molecule has 2 amide bonds. The zero-order valence-electron chi connectivity index (χ0n) is 20.7. The summed E-state index contributed by atoms with van der Waals surface area (Å²) in [5.41, 5.74) is 8.74. The van der Waals surface area contributed by atoms with Gasteiger partial charge in [-0.2, -0.15) is 0 Å². The molecule has 4 rings (SSSR count). The number of aliphatic hydroxyl groups is 1. The number of carbonyl (C=O) groups excluding carboxylic acids is 2. The number of hydrogen-bond donors (Lipinski definition) is 5. The van der Waals surface area contributed by atoms with Crippen molar-refractivity contribution in [3.8, 4) is 0 Å². The lowest BCUT2D eigenvalue weighted by atomic mass is 10.1. The molecule has 2 aromatic heterocycles. The molecule has 0 aliphatic heterocycles. The first-order valence-electron chi connectivity index (χ1n) is 12.4. The summed E-state index contributed by atoms with van der Waals surface area (Å²) in [6.07, 6.45) is 5.28. The average Bonchev–Trinajstić information content (AvgIpc) is 2.91. The molecule has 2 aromatic carbocycles. The highest BCUT2D eigenvalue weighted by molar-refractivity contribution is 6.11.